The van der Waals surface area contributed by atoms with Crippen LogP contribution in [0.5, 0.6) is 0 Å². The first-order valence-corrected chi connectivity index (χ1v) is 8.84. The predicted octanol–water partition coefficient (Wildman–Crippen LogP) is 2.96. The zero-order valence-corrected chi connectivity index (χ0v) is 14.8. The van der Waals surface area contributed by atoms with Crippen LogP contribution in [0.4, 0.5) is 5.13 Å². The highest BCUT2D eigenvalue weighted by Gasteiger charge is 2.26. The molecule has 0 radical (unpaired) electrons. The molecule has 1 aliphatic rings. The molecule has 0 N–H and O–H groups in total. The first-order chi connectivity index (χ1) is 11.2. The second-order valence-electron chi connectivity index (χ2n) is 6.08. The highest BCUT2D eigenvalue weighted by atomic mass is 32.1. The molecular weight excluding hydrogens is 308 g/mol. The Morgan fingerprint density at radius 3 is 2.78 bits per heavy atom. The van der Waals surface area contributed by atoms with E-state index in [1.54, 1.807) is 7.11 Å². The molecule has 1 aromatic heterocycles. The second-order valence-corrected chi connectivity index (χ2v) is 6.81. The lowest BCUT2D eigenvalue weighted by atomic mass is 10.1. The summed E-state index contributed by atoms with van der Waals surface area (Å²) in [5.41, 5.74) is 1.38. The van der Waals surface area contributed by atoms with E-state index in [0.29, 0.717) is 6.04 Å². The lowest BCUT2D eigenvalue weighted by molar-refractivity contribution is 0.113. The van der Waals surface area contributed by atoms with Crippen molar-refractivity contribution in [3.05, 3.63) is 41.7 Å². The largest absolute Gasteiger partial charge is 0.374 e. The third kappa shape index (κ3) is 3.88. The van der Waals surface area contributed by atoms with Crippen LogP contribution in [0.15, 0.2) is 30.3 Å². The Hall–Kier alpha value is -1.50. The van der Waals surface area contributed by atoms with E-state index in [4.69, 9.17) is 4.74 Å². The summed E-state index contributed by atoms with van der Waals surface area (Å²) in [4.78, 5) is 9.53. The fourth-order valence-electron chi connectivity index (χ4n) is 2.92. The minimum Gasteiger partial charge on any atom is -0.374 e. The molecule has 1 aromatic carbocycles. The summed E-state index contributed by atoms with van der Waals surface area (Å²) in [5.74, 6) is 0.784. The molecule has 3 rings (SSSR count). The number of nitrogens with zero attached hydrogens (tertiary/aromatic N) is 4. The SMILES string of the molecule is CO[C@H](C)c1nsc(N2CCN(Cc3ccccc3)C[C@H]2C)n1. The van der Waals surface area contributed by atoms with Crippen LogP contribution in [0.25, 0.3) is 0 Å². The Morgan fingerprint density at radius 2 is 2.09 bits per heavy atom. The van der Waals surface area contributed by atoms with E-state index in [2.05, 4.69) is 56.4 Å². The van der Waals surface area contributed by atoms with Gasteiger partial charge in [0.25, 0.3) is 0 Å². The maximum absolute atomic E-state index is 5.30. The maximum Gasteiger partial charge on any atom is 0.205 e. The number of piperazine rings is 1. The first-order valence-electron chi connectivity index (χ1n) is 8.06. The number of ether oxygens (including phenoxy) is 1. The highest BCUT2D eigenvalue weighted by molar-refractivity contribution is 7.09. The van der Waals surface area contributed by atoms with Gasteiger partial charge < -0.3 is 9.64 Å². The van der Waals surface area contributed by atoms with Gasteiger partial charge in [0.15, 0.2) is 5.82 Å². The van der Waals surface area contributed by atoms with Gasteiger partial charge in [-0.15, -0.1) is 0 Å². The Balaban J connectivity index is 1.61. The molecule has 0 aliphatic carbocycles. The molecule has 23 heavy (non-hydrogen) atoms. The summed E-state index contributed by atoms with van der Waals surface area (Å²) >= 11 is 1.48. The van der Waals surface area contributed by atoms with Crippen LogP contribution in [0.3, 0.4) is 0 Å². The molecular formula is C17H24N4OS. The van der Waals surface area contributed by atoms with Crippen LogP contribution in [-0.4, -0.2) is 47.0 Å². The van der Waals surface area contributed by atoms with Crippen molar-refractivity contribution in [3.8, 4) is 0 Å². The molecule has 6 heteroatoms. The summed E-state index contributed by atoms with van der Waals surface area (Å²) < 4.78 is 9.74. The molecule has 0 spiro atoms. The van der Waals surface area contributed by atoms with Crippen molar-refractivity contribution in [2.75, 3.05) is 31.6 Å². The van der Waals surface area contributed by atoms with Gasteiger partial charge in [-0.1, -0.05) is 30.3 Å². The Kier molecular flexibility index (Phi) is 5.25. The smallest absolute Gasteiger partial charge is 0.205 e. The number of hydrogen-bond donors (Lipinski definition) is 0. The second kappa shape index (κ2) is 7.38. The lowest BCUT2D eigenvalue weighted by Gasteiger charge is -2.39. The molecule has 124 valence electrons. The van der Waals surface area contributed by atoms with Crippen molar-refractivity contribution in [3.63, 3.8) is 0 Å². The van der Waals surface area contributed by atoms with E-state index in [1.807, 2.05) is 6.92 Å². The molecule has 2 heterocycles. The van der Waals surface area contributed by atoms with Gasteiger partial charge in [0.2, 0.25) is 5.13 Å². The van der Waals surface area contributed by atoms with Crippen LogP contribution in [-0.2, 0) is 11.3 Å². The molecule has 1 aliphatic heterocycles. The summed E-state index contributed by atoms with van der Waals surface area (Å²) in [6.45, 7) is 8.34. The number of aromatic nitrogens is 2. The molecule has 5 nitrogen and oxygen atoms in total. The standard InChI is InChI=1S/C17H24N4OS/c1-13-11-20(12-15-7-5-4-6-8-15)9-10-21(13)17-18-16(19-23-17)14(2)22-3/h4-8,13-14H,9-12H2,1-3H3/t13-,14-/m1/s1. The van der Waals surface area contributed by atoms with Crippen molar-refractivity contribution in [1.29, 1.82) is 0 Å². The van der Waals surface area contributed by atoms with Gasteiger partial charge in [-0.2, -0.15) is 4.37 Å². The van der Waals surface area contributed by atoms with E-state index in [-0.39, 0.29) is 6.10 Å². The van der Waals surface area contributed by atoms with Crippen LogP contribution in [0.2, 0.25) is 0 Å². The van der Waals surface area contributed by atoms with E-state index in [1.165, 1.54) is 17.1 Å². The highest BCUT2D eigenvalue weighted by Crippen LogP contribution is 2.25. The number of rotatable bonds is 5. The van der Waals surface area contributed by atoms with Gasteiger partial charge in [0.1, 0.15) is 6.10 Å². The Morgan fingerprint density at radius 1 is 1.30 bits per heavy atom. The average Bonchev–Trinajstić information content (AvgIpc) is 3.05. The van der Waals surface area contributed by atoms with Gasteiger partial charge in [0.05, 0.1) is 0 Å². The quantitative estimate of drug-likeness (QED) is 0.842. The monoisotopic (exact) mass is 332 g/mol. The van der Waals surface area contributed by atoms with E-state index >= 15 is 0 Å². The van der Waals surface area contributed by atoms with Crippen molar-refractivity contribution >= 4 is 16.7 Å². The summed E-state index contributed by atoms with van der Waals surface area (Å²) in [6, 6.07) is 11.1. The molecule has 2 aromatic rings. The number of benzene rings is 1. The fraction of sp³-hybridized carbons (Fsp3) is 0.529. The van der Waals surface area contributed by atoms with Crippen LogP contribution in [0.1, 0.15) is 31.3 Å². The summed E-state index contributed by atoms with van der Waals surface area (Å²) in [6.07, 6.45) is -0.0466. The van der Waals surface area contributed by atoms with Gasteiger partial charge in [-0.05, 0) is 19.4 Å². The maximum atomic E-state index is 5.30. The summed E-state index contributed by atoms with van der Waals surface area (Å²) in [5, 5.41) is 1.01. The molecule has 1 saturated heterocycles. The lowest BCUT2D eigenvalue weighted by Crippen LogP contribution is -2.51. The third-order valence-electron chi connectivity index (χ3n) is 4.35. The Labute approximate surface area is 142 Å². The zero-order chi connectivity index (χ0) is 16.2. The fourth-order valence-corrected chi connectivity index (χ4v) is 3.79. The Bertz CT molecular complexity index is 618. The summed E-state index contributed by atoms with van der Waals surface area (Å²) in [7, 11) is 1.69. The van der Waals surface area contributed by atoms with Crippen LogP contribution >= 0.6 is 11.5 Å². The number of anilines is 1. The molecule has 2 atom stereocenters. The van der Waals surface area contributed by atoms with E-state index < -0.39 is 0 Å². The van der Waals surface area contributed by atoms with Crippen molar-refractivity contribution < 1.29 is 4.74 Å². The molecule has 0 amide bonds. The average molecular weight is 332 g/mol. The van der Waals surface area contributed by atoms with Gasteiger partial charge in [-0.3, -0.25) is 4.90 Å². The van der Waals surface area contributed by atoms with Crippen molar-refractivity contribution in [1.82, 2.24) is 14.3 Å². The van der Waals surface area contributed by atoms with Crippen molar-refractivity contribution in [2.24, 2.45) is 0 Å². The van der Waals surface area contributed by atoms with Crippen LogP contribution < -0.4 is 4.90 Å². The molecule has 0 bridgehead atoms. The third-order valence-corrected chi connectivity index (χ3v) is 5.12. The van der Waals surface area contributed by atoms with Gasteiger partial charge in [-0.25, -0.2) is 4.98 Å². The zero-order valence-electron chi connectivity index (χ0n) is 14.0. The normalized spacial score (nSPS) is 20.7. The van der Waals surface area contributed by atoms with Crippen molar-refractivity contribution in [2.45, 2.75) is 32.5 Å². The van der Waals surface area contributed by atoms with Gasteiger partial charge >= 0.3 is 0 Å². The number of hydrogen-bond acceptors (Lipinski definition) is 6. The first kappa shape index (κ1) is 16.4. The van der Waals surface area contributed by atoms with E-state index in [0.717, 1.165) is 37.1 Å². The molecule has 0 unspecified atom stereocenters. The molecule has 0 saturated carbocycles. The minimum absolute atomic E-state index is 0.0466. The minimum atomic E-state index is -0.0466. The van der Waals surface area contributed by atoms with Gasteiger partial charge in [0, 0.05) is 50.9 Å². The number of methoxy groups -OCH3 is 1. The molecule has 1 fully saturated rings. The van der Waals surface area contributed by atoms with E-state index in [9.17, 15) is 0 Å². The topological polar surface area (TPSA) is 41.5 Å². The predicted molar refractivity (Wildman–Crippen MR) is 93.9 cm³/mol. The van der Waals surface area contributed by atoms with Crippen LogP contribution in [0, 0.1) is 0 Å².